The Hall–Kier alpha value is -0.540. The fraction of sp³-hybridized carbons (Fsp3) is 0.500. The molecule has 0 aliphatic carbocycles. The van der Waals surface area contributed by atoms with E-state index in [0.29, 0.717) is 0 Å². The molecule has 0 nitrogen and oxygen atoms in total. The summed E-state index contributed by atoms with van der Waals surface area (Å²) >= 11 is 0. The second-order valence-electron chi connectivity index (χ2n) is 1.10. The van der Waals surface area contributed by atoms with E-state index in [1.54, 1.807) is 0 Å². The Morgan fingerprint density at radius 3 is 1.75 bits per heavy atom. The van der Waals surface area contributed by atoms with E-state index in [-0.39, 0.29) is 0 Å². The third-order valence-corrected chi connectivity index (χ3v) is 0.519. The lowest BCUT2D eigenvalue weighted by Gasteiger charge is -1.85. The third-order valence-electron chi connectivity index (χ3n) is 0.519. The molecule has 0 unspecified atom stereocenters. The van der Waals surface area contributed by atoms with E-state index in [1.807, 2.05) is 0 Å². The normalized spacial score (nSPS) is 9.00. The SMILES string of the molecule is FCCC(F)=C(F)F. The van der Waals surface area contributed by atoms with E-state index >= 15 is 0 Å². The van der Waals surface area contributed by atoms with Crippen LogP contribution < -0.4 is 0 Å². The molecule has 0 rings (SSSR count). The van der Waals surface area contributed by atoms with Crippen molar-refractivity contribution in [2.75, 3.05) is 6.67 Å². The van der Waals surface area contributed by atoms with Crippen LogP contribution in [0.3, 0.4) is 0 Å². The van der Waals surface area contributed by atoms with Crippen molar-refractivity contribution in [3.05, 3.63) is 11.9 Å². The number of hydrogen-bond acceptors (Lipinski definition) is 0. The maximum absolute atomic E-state index is 11.4. The van der Waals surface area contributed by atoms with E-state index in [4.69, 9.17) is 0 Å². The highest BCUT2D eigenvalue weighted by molar-refractivity contribution is 4.90. The zero-order chi connectivity index (χ0) is 6.57. The van der Waals surface area contributed by atoms with Gasteiger partial charge in [-0.1, -0.05) is 0 Å². The van der Waals surface area contributed by atoms with Gasteiger partial charge in [0.15, 0.2) is 5.83 Å². The zero-order valence-corrected chi connectivity index (χ0v) is 3.93. The van der Waals surface area contributed by atoms with Gasteiger partial charge in [-0.05, 0) is 0 Å². The van der Waals surface area contributed by atoms with Crippen molar-refractivity contribution in [3.8, 4) is 0 Å². The van der Waals surface area contributed by atoms with Gasteiger partial charge < -0.3 is 0 Å². The number of alkyl halides is 1. The lowest BCUT2D eigenvalue weighted by molar-refractivity contribution is 0.356. The fourth-order valence-electron chi connectivity index (χ4n) is 0.177. The first-order valence-corrected chi connectivity index (χ1v) is 1.94. The standard InChI is InChI=1S/C4H4F4/c5-2-1-3(6)4(7)8/h1-2H2. The lowest BCUT2D eigenvalue weighted by Crippen LogP contribution is -1.77. The number of rotatable bonds is 2. The second kappa shape index (κ2) is 3.46. The van der Waals surface area contributed by atoms with Crippen LogP contribution in [0, 0.1) is 0 Å². The monoisotopic (exact) mass is 128 g/mol. The van der Waals surface area contributed by atoms with Crippen LogP contribution in [-0.4, -0.2) is 6.67 Å². The molecule has 0 N–H and O–H groups in total. The number of hydrogen-bond donors (Lipinski definition) is 0. The van der Waals surface area contributed by atoms with Crippen LogP contribution in [0.2, 0.25) is 0 Å². The van der Waals surface area contributed by atoms with Crippen molar-refractivity contribution in [1.82, 2.24) is 0 Å². The van der Waals surface area contributed by atoms with Gasteiger partial charge in [-0.3, -0.25) is 4.39 Å². The molecule has 0 saturated carbocycles. The molecule has 0 aromatic rings. The molecule has 0 saturated heterocycles. The first-order valence-electron chi connectivity index (χ1n) is 1.94. The van der Waals surface area contributed by atoms with E-state index in [1.165, 1.54) is 0 Å². The summed E-state index contributed by atoms with van der Waals surface area (Å²) in [7, 11) is 0. The maximum atomic E-state index is 11.4. The average Bonchev–Trinajstić information content (AvgIpc) is 1.67. The van der Waals surface area contributed by atoms with Gasteiger partial charge >= 0.3 is 6.08 Å². The molecule has 0 spiro atoms. The molecule has 4 heteroatoms. The predicted molar refractivity (Wildman–Crippen MR) is 20.9 cm³/mol. The summed E-state index contributed by atoms with van der Waals surface area (Å²) in [6.07, 6.45) is -3.25. The number of halogens is 4. The highest BCUT2D eigenvalue weighted by atomic mass is 19.3. The summed E-state index contributed by atoms with van der Waals surface area (Å²) in [6, 6.07) is 0. The minimum atomic E-state index is -2.43. The minimum absolute atomic E-state index is 0.817. The Morgan fingerprint density at radius 1 is 1.12 bits per heavy atom. The summed E-state index contributed by atoms with van der Waals surface area (Å²) in [5.41, 5.74) is 0. The minimum Gasteiger partial charge on any atom is -0.251 e. The molecule has 0 aromatic heterocycles. The van der Waals surface area contributed by atoms with Gasteiger partial charge in [-0.25, -0.2) is 4.39 Å². The van der Waals surface area contributed by atoms with Crippen LogP contribution in [0.1, 0.15) is 6.42 Å². The van der Waals surface area contributed by atoms with E-state index in [0.717, 1.165) is 0 Å². The summed E-state index contributed by atoms with van der Waals surface area (Å²) in [5, 5.41) is 0. The smallest absolute Gasteiger partial charge is 0.251 e. The van der Waals surface area contributed by atoms with Crippen molar-refractivity contribution in [2.24, 2.45) is 0 Å². The van der Waals surface area contributed by atoms with Gasteiger partial charge in [0.1, 0.15) is 0 Å². The molecular formula is C4H4F4. The van der Waals surface area contributed by atoms with Gasteiger partial charge in [0.25, 0.3) is 0 Å². The summed E-state index contributed by atoms with van der Waals surface area (Å²) in [6.45, 7) is -1.08. The first kappa shape index (κ1) is 7.46. The van der Waals surface area contributed by atoms with Crippen molar-refractivity contribution < 1.29 is 17.6 Å². The van der Waals surface area contributed by atoms with Gasteiger partial charge in [0.05, 0.1) is 6.67 Å². The third kappa shape index (κ3) is 2.60. The van der Waals surface area contributed by atoms with E-state index in [9.17, 15) is 17.6 Å². The maximum Gasteiger partial charge on any atom is 0.301 e. The van der Waals surface area contributed by atoms with Gasteiger partial charge in [-0.15, -0.1) is 0 Å². The van der Waals surface area contributed by atoms with Gasteiger partial charge in [-0.2, -0.15) is 8.78 Å². The molecular weight excluding hydrogens is 124 g/mol. The summed E-state index contributed by atoms with van der Waals surface area (Å²) in [4.78, 5) is 0. The quantitative estimate of drug-likeness (QED) is 0.501. The summed E-state index contributed by atoms with van der Waals surface area (Å²) < 4.78 is 44.3. The molecule has 48 valence electrons. The molecule has 0 aromatic carbocycles. The molecule has 0 aliphatic rings. The fourth-order valence-corrected chi connectivity index (χ4v) is 0.177. The molecule has 0 amide bonds. The second-order valence-corrected chi connectivity index (χ2v) is 1.10. The van der Waals surface area contributed by atoms with Gasteiger partial charge in [0, 0.05) is 6.42 Å². The molecule has 0 atom stereocenters. The molecule has 0 bridgehead atoms. The average molecular weight is 128 g/mol. The Bertz CT molecular complexity index is 92.2. The van der Waals surface area contributed by atoms with Gasteiger partial charge in [0.2, 0.25) is 0 Å². The molecule has 8 heavy (non-hydrogen) atoms. The van der Waals surface area contributed by atoms with Crippen molar-refractivity contribution >= 4 is 0 Å². The Balaban J connectivity index is 3.62. The molecule has 0 heterocycles. The molecule has 0 radical (unpaired) electrons. The highest BCUT2D eigenvalue weighted by Gasteiger charge is 2.02. The summed E-state index contributed by atoms with van der Waals surface area (Å²) in [5.74, 6) is -1.66. The van der Waals surface area contributed by atoms with Crippen molar-refractivity contribution in [3.63, 3.8) is 0 Å². The largest absolute Gasteiger partial charge is 0.301 e. The topological polar surface area (TPSA) is 0 Å². The van der Waals surface area contributed by atoms with E-state index in [2.05, 4.69) is 0 Å². The molecule has 0 fully saturated rings. The Kier molecular flexibility index (Phi) is 3.23. The Morgan fingerprint density at radius 2 is 1.62 bits per heavy atom. The van der Waals surface area contributed by atoms with Crippen LogP contribution >= 0.6 is 0 Å². The van der Waals surface area contributed by atoms with Crippen LogP contribution in [0.15, 0.2) is 11.9 Å². The predicted octanol–water partition coefficient (Wildman–Crippen LogP) is 2.42. The lowest BCUT2D eigenvalue weighted by atomic mass is 10.4. The van der Waals surface area contributed by atoms with Crippen LogP contribution in [0.5, 0.6) is 0 Å². The van der Waals surface area contributed by atoms with Crippen molar-refractivity contribution in [1.29, 1.82) is 0 Å². The Labute approximate surface area is 43.8 Å². The number of allylic oxidation sites excluding steroid dienone is 1. The zero-order valence-electron chi connectivity index (χ0n) is 3.93. The van der Waals surface area contributed by atoms with E-state index < -0.39 is 25.0 Å². The molecule has 0 aliphatic heterocycles. The van der Waals surface area contributed by atoms with Crippen molar-refractivity contribution in [2.45, 2.75) is 6.42 Å². The van der Waals surface area contributed by atoms with Crippen LogP contribution in [0.4, 0.5) is 17.6 Å². The highest BCUT2D eigenvalue weighted by Crippen LogP contribution is 2.12. The van der Waals surface area contributed by atoms with Crippen LogP contribution in [0.25, 0.3) is 0 Å². The van der Waals surface area contributed by atoms with Crippen LogP contribution in [-0.2, 0) is 0 Å². The first-order chi connectivity index (χ1) is 3.68.